The van der Waals surface area contributed by atoms with E-state index >= 15 is 0 Å². The van der Waals surface area contributed by atoms with Crippen molar-refractivity contribution in [3.8, 4) is 0 Å². The second-order valence-corrected chi connectivity index (χ2v) is 5.86. The highest BCUT2D eigenvalue weighted by atomic mass is 16.5. The van der Waals surface area contributed by atoms with Crippen LogP contribution in [0.3, 0.4) is 0 Å². The molecule has 1 aliphatic carbocycles. The van der Waals surface area contributed by atoms with Crippen LogP contribution in [-0.4, -0.2) is 31.8 Å². The molecular weight excluding hydrogens is 228 g/mol. The second-order valence-electron chi connectivity index (χ2n) is 5.86. The quantitative estimate of drug-likeness (QED) is 0.306. The van der Waals surface area contributed by atoms with E-state index in [1.54, 1.807) is 0 Å². The van der Waals surface area contributed by atoms with E-state index in [9.17, 15) is 0 Å². The summed E-state index contributed by atoms with van der Waals surface area (Å²) in [4.78, 5) is 4.62. The predicted molar refractivity (Wildman–Crippen MR) is 73.2 cm³/mol. The summed E-state index contributed by atoms with van der Waals surface area (Å²) in [6, 6.07) is 0.544. The van der Waals surface area contributed by atoms with Crippen molar-refractivity contribution in [2.24, 2.45) is 16.3 Å². The van der Waals surface area contributed by atoms with E-state index in [4.69, 9.17) is 10.6 Å². The van der Waals surface area contributed by atoms with Gasteiger partial charge in [-0.25, -0.2) is 5.84 Å². The Bertz CT molecular complexity index is 281. The minimum absolute atomic E-state index is 0.262. The maximum absolute atomic E-state index is 5.54. The Morgan fingerprint density at radius 2 is 2.00 bits per heavy atom. The topological polar surface area (TPSA) is 71.7 Å². The Morgan fingerprint density at radius 3 is 2.61 bits per heavy atom. The van der Waals surface area contributed by atoms with Crippen molar-refractivity contribution < 1.29 is 4.74 Å². The fourth-order valence-corrected chi connectivity index (χ4v) is 2.69. The number of ether oxygens (including phenoxy) is 1. The monoisotopic (exact) mass is 254 g/mol. The average Bonchev–Trinajstić information content (AvgIpc) is 2.88. The van der Waals surface area contributed by atoms with Crippen molar-refractivity contribution in [1.82, 2.24) is 10.7 Å². The highest BCUT2D eigenvalue weighted by Gasteiger charge is 2.27. The lowest BCUT2D eigenvalue weighted by molar-refractivity contribution is 0.0283. The van der Waals surface area contributed by atoms with Gasteiger partial charge in [0, 0.05) is 25.8 Å². The van der Waals surface area contributed by atoms with Crippen LogP contribution in [0.25, 0.3) is 0 Å². The highest BCUT2D eigenvalue weighted by Crippen LogP contribution is 2.29. The minimum Gasteiger partial charge on any atom is -0.381 e. The number of rotatable bonds is 3. The van der Waals surface area contributed by atoms with E-state index in [0.717, 1.165) is 38.6 Å². The molecule has 2 aliphatic rings. The van der Waals surface area contributed by atoms with Crippen molar-refractivity contribution in [3.05, 3.63) is 0 Å². The van der Waals surface area contributed by atoms with E-state index in [0.29, 0.717) is 6.04 Å². The van der Waals surface area contributed by atoms with Crippen molar-refractivity contribution >= 4 is 5.96 Å². The zero-order valence-electron chi connectivity index (χ0n) is 11.4. The third-order valence-electron chi connectivity index (χ3n) is 4.15. The molecule has 0 aromatic rings. The van der Waals surface area contributed by atoms with Crippen LogP contribution in [0.2, 0.25) is 0 Å². The van der Waals surface area contributed by atoms with Gasteiger partial charge in [-0.05, 0) is 31.1 Å². The molecule has 2 rings (SSSR count). The van der Waals surface area contributed by atoms with Gasteiger partial charge < -0.3 is 10.1 Å². The van der Waals surface area contributed by atoms with E-state index in [1.165, 1.54) is 25.7 Å². The summed E-state index contributed by atoms with van der Waals surface area (Å²) in [5.41, 5.74) is 2.95. The third-order valence-corrected chi connectivity index (χ3v) is 4.15. The lowest BCUT2D eigenvalue weighted by Crippen LogP contribution is -2.46. The van der Waals surface area contributed by atoms with Gasteiger partial charge in [0.15, 0.2) is 0 Å². The smallest absolute Gasteiger partial charge is 0.205 e. The number of aliphatic imine (C=N–C) groups is 1. The summed E-state index contributed by atoms with van der Waals surface area (Å²) in [5.74, 6) is 6.29. The maximum atomic E-state index is 5.54. The first-order valence-corrected chi connectivity index (χ1v) is 7.07. The van der Waals surface area contributed by atoms with Gasteiger partial charge in [0.1, 0.15) is 0 Å². The second kappa shape index (κ2) is 6.38. The Kier molecular flexibility index (Phi) is 4.83. The van der Waals surface area contributed by atoms with Crippen LogP contribution in [0.5, 0.6) is 0 Å². The molecule has 0 spiro atoms. The maximum Gasteiger partial charge on any atom is 0.205 e. The lowest BCUT2D eigenvalue weighted by Gasteiger charge is -2.32. The molecule has 1 heterocycles. The largest absolute Gasteiger partial charge is 0.381 e. The summed E-state index contributed by atoms with van der Waals surface area (Å²) in [5, 5.41) is 3.41. The number of hydrazine groups is 1. The first kappa shape index (κ1) is 13.6. The van der Waals surface area contributed by atoms with Crippen molar-refractivity contribution in [1.29, 1.82) is 0 Å². The SMILES string of the molecule is CC1(CN=C(NN)NC2CCCC2)CCOCC1. The summed E-state index contributed by atoms with van der Waals surface area (Å²) < 4.78 is 5.40. The standard InChI is InChI=1S/C13H26N4O/c1-13(6-8-18-9-7-13)10-15-12(17-14)16-11-4-2-3-5-11/h11H,2-10,14H2,1H3,(H2,15,16,17). The van der Waals surface area contributed by atoms with Crippen LogP contribution >= 0.6 is 0 Å². The van der Waals surface area contributed by atoms with E-state index in [-0.39, 0.29) is 5.41 Å². The van der Waals surface area contributed by atoms with Crippen molar-refractivity contribution in [2.75, 3.05) is 19.8 Å². The summed E-state index contributed by atoms with van der Waals surface area (Å²) in [7, 11) is 0. The highest BCUT2D eigenvalue weighted by molar-refractivity contribution is 5.79. The van der Waals surface area contributed by atoms with E-state index in [2.05, 4.69) is 22.7 Å². The molecule has 0 atom stereocenters. The average molecular weight is 254 g/mol. The number of nitrogens with zero attached hydrogens (tertiary/aromatic N) is 1. The van der Waals surface area contributed by atoms with Gasteiger partial charge in [-0.15, -0.1) is 0 Å². The Hall–Kier alpha value is -0.810. The van der Waals surface area contributed by atoms with Gasteiger partial charge in [0.05, 0.1) is 0 Å². The molecule has 4 N–H and O–H groups in total. The van der Waals surface area contributed by atoms with Crippen molar-refractivity contribution in [2.45, 2.75) is 51.5 Å². The van der Waals surface area contributed by atoms with Crippen molar-refractivity contribution in [3.63, 3.8) is 0 Å². The fourth-order valence-electron chi connectivity index (χ4n) is 2.69. The summed E-state index contributed by atoms with van der Waals surface area (Å²) >= 11 is 0. The first-order chi connectivity index (χ1) is 8.72. The first-order valence-electron chi connectivity index (χ1n) is 7.07. The molecular formula is C13H26N4O. The van der Waals surface area contributed by atoms with Crippen LogP contribution in [0, 0.1) is 5.41 Å². The Balaban J connectivity index is 1.84. The van der Waals surface area contributed by atoms with E-state index < -0.39 is 0 Å². The van der Waals surface area contributed by atoms with Crippen LogP contribution in [0.4, 0.5) is 0 Å². The molecule has 0 unspecified atom stereocenters. The van der Waals surface area contributed by atoms with Crippen LogP contribution in [0.15, 0.2) is 4.99 Å². The van der Waals surface area contributed by atoms with Gasteiger partial charge in [0.25, 0.3) is 0 Å². The molecule has 1 aliphatic heterocycles. The molecule has 0 aromatic carbocycles. The van der Waals surface area contributed by atoms with Crippen LogP contribution in [0.1, 0.15) is 45.4 Å². The lowest BCUT2D eigenvalue weighted by atomic mass is 9.83. The number of nitrogens with one attached hydrogen (secondary N) is 2. The number of guanidine groups is 1. The van der Waals surface area contributed by atoms with Gasteiger partial charge in [-0.3, -0.25) is 10.4 Å². The number of nitrogens with two attached hydrogens (primary N) is 1. The molecule has 18 heavy (non-hydrogen) atoms. The minimum atomic E-state index is 0.262. The number of hydrogen-bond donors (Lipinski definition) is 3. The molecule has 1 saturated carbocycles. The van der Waals surface area contributed by atoms with Gasteiger partial charge in [-0.1, -0.05) is 19.8 Å². The molecule has 1 saturated heterocycles. The van der Waals surface area contributed by atoms with Gasteiger partial charge in [0.2, 0.25) is 5.96 Å². The molecule has 0 bridgehead atoms. The van der Waals surface area contributed by atoms with E-state index in [1.807, 2.05) is 0 Å². The normalized spacial score (nSPS) is 25.1. The molecule has 0 amide bonds. The zero-order valence-corrected chi connectivity index (χ0v) is 11.4. The van der Waals surface area contributed by atoms with Crippen LogP contribution < -0.4 is 16.6 Å². The Labute approximate surface area is 110 Å². The predicted octanol–water partition coefficient (Wildman–Crippen LogP) is 1.15. The van der Waals surface area contributed by atoms with Crippen LogP contribution in [-0.2, 0) is 4.74 Å². The summed E-state index contributed by atoms with van der Waals surface area (Å²) in [6.45, 7) is 4.80. The summed E-state index contributed by atoms with van der Waals surface area (Å²) in [6.07, 6.45) is 7.24. The molecule has 5 nitrogen and oxygen atoms in total. The molecule has 0 radical (unpaired) electrons. The molecule has 2 fully saturated rings. The Morgan fingerprint density at radius 1 is 1.33 bits per heavy atom. The fraction of sp³-hybridized carbons (Fsp3) is 0.923. The van der Waals surface area contributed by atoms with Gasteiger partial charge in [-0.2, -0.15) is 0 Å². The zero-order chi connectivity index (χ0) is 12.8. The third kappa shape index (κ3) is 3.85. The molecule has 104 valence electrons. The van der Waals surface area contributed by atoms with Gasteiger partial charge >= 0.3 is 0 Å². The molecule has 0 aromatic heterocycles. The number of hydrogen-bond acceptors (Lipinski definition) is 3. The molecule has 5 heteroatoms.